The van der Waals surface area contributed by atoms with Crippen LogP contribution in [0.5, 0.6) is 0 Å². The monoisotopic (exact) mass is 289 g/mol. The molecule has 2 aliphatic rings. The van der Waals surface area contributed by atoms with E-state index in [1.54, 1.807) is 6.20 Å². The van der Waals surface area contributed by atoms with Crippen LogP contribution in [0.25, 0.3) is 22.2 Å². The van der Waals surface area contributed by atoms with Gasteiger partial charge in [0, 0.05) is 24.2 Å². The van der Waals surface area contributed by atoms with Crippen molar-refractivity contribution >= 4 is 10.9 Å². The van der Waals surface area contributed by atoms with Crippen LogP contribution in [0.2, 0.25) is 0 Å². The van der Waals surface area contributed by atoms with Crippen LogP contribution in [0, 0.1) is 5.92 Å². The Bertz CT molecular complexity index is 946. The van der Waals surface area contributed by atoms with Gasteiger partial charge in [-0.2, -0.15) is 0 Å². The van der Waals surface area contributed by atoms with Crippen molar-refractivity contribution in [3.05, 3.63) is 58.8 Å². The van der Waals surface area contributed by atoms with E-state index in [4.69, 9.17) is 4.98 Å². The predicted molar refractivity (Wildman–Crippen MR) is 84.7 cm³/mol. The minimum absolute atomic E-state index is 0.109. The van der Waals surface area contributed by atoms with E-state index in [9.17, 15) is 4.79 Å². The van der Waals surface area contributed by atoms with Crippen molar-refractivity contribution in [1.29, 1.82) is 0 Å². The van der Waals surface area contributed by atoms with Gasteiger partial charge in [-0.15, -0.1) is 0 Å². The molecule has 2 aromatic heterocycles. The molecule has 1 fully saturated rings. The molecule has 1 aliphatic carbocycles. The zero-order valence-corrected chi connectivity index (χ0v) is 12.1. The van der Waals surface area contributed by atoms with Crippen LogP contribution in [0.1, 0.15) is 24.6 Å². The van der Waals surface area contributed by atoms with Crippen LogP contribution in [0.15, 0.2) is 47.4 Å². The Kier molecular flexibility index (Phi) is 2.34. The summed E-state index contributed by atoms with van der Waals surface area (Å²) < 4.78 is 1.89. The molecule has 22 heavy (non-hydrogen) atoms. The quantitative estimate of drug-likeness (QED) is 0.692. The topological polar surface area (TPSA) is 47.8 Å². The zero-order chi connectivity index (χ0) is 14.7. The predicted octanol–water partition coefficient (Wildman–Crippen LogP) is 2.97. The lowest BCUT2D eigenvalue weighted by molar-refractivity contribution is 0.498. The lowest BCUT2D eigenvalue weighted by atomic mass is 10.1. The van der Waals surface area contributed by atoms with Crippen LogP contribution < -0.4 is 5.56 Å². The van der Waals surface area contributed by atoms with Gasteiger partial charge in [-0.25, -0.2) is 4.98 Å². The first-order chi connectivity index (χ1) is 10.8. The molecule has 0 radical (unpaired) electrons. The summed E-state index contributed by atoms with van der Waals surface area (Å²) in [6.45, 7) is 0.820. The van der Waals surface area contributed by atoms with Gasteiger partial charge in [-0.1, -0.05) is 12.1 Å². The van der Waals surface area contributed by atoms with Gasteiger partial charge in [0.15, 0.2) is 0 Å². The van der Waals surface area contributed by atoms with E-state index in [2.05, 4.69) is 4.98 Å². The summed E-state index contributed by atoms with van der Waals surface area (Å²) in [5.74, 6) is 2.25. The molecule has 3 heterocycles. The number of pyridine rings is 1. The Morgan fingerprint density at radius 2 is 2.14 bits per heavy atom. The SMILES string of the molecule is O=c1c2ccc(-c3ccccn3)cc2nc2n1CCC1CC21. The van der Waals surface area contributed by atoms with Crippen LogP contribution in [-0.2, 0) is 6.54 Å². The highest BCUT2D eigenvalue weighted by atomic mass is 16.1. The fourth-order valence-corrected chi connectivity index (χ4v) is 3.61. The largest absolute Gasteiger partial charge is 0.296 e. The summed E-state index contributed by atoms with van der Waals surface area (Å²) in [6, 6.07) is 11.7. The number of fused-ring (bicyclic) bond motifs is 4. The van der Waals surface area contributed by atoms with E-state index in [0.717, 1.165) is 41.5 Å². The third-order valence-corrected chi connectivity index (χ3v) is 4.92. The van der Waals surface area contributed by atoms with E-state index in [1.807, 2.05) is 41.0 Å². The molecular weight excluding hydrogens is 274 g/mol. The first kappa shape index (κ1) is 12.1. The molecule has 0 N–H and O–H groups in total. The molecule has 4 nitrogen and oxygen atoms in total. The highest BCUT2D eigenvalue weighted by molar-refractivity contribution is 5.83. The number of benzene rings is 1. The van der Waals surface area contributed by atoms with Crippen LogP contribution >= 0.6 is 0 Å². The molecule has 4 heteroatoms. The molecule has 2 unspecified atom stereocenters. The number of nitrogens with zero attached hydrogens (tertiary/aromatic N) is 3. The van der Waals surface area contributed by atoms with Crippen molar-refractivity contribution < 1.29 is 0 Å². The summed E-state index contributed by atoms with van der Waals surface area (Å²) in [4.78, 5) is 21.9. The highest BCUT2D eigenvalue weighted by Crippen LogP contribution is 2.51. The Hall–Kier alpha value is -2.49. The van der Waals surface area contributed by atoms with Crippen molar-refractivity contribution in [2.24, 2.45) is 5.92 Å². The molecule has 2 atom stereocenters. The van der Waals surface area contributed by atoms with Crippen LogP contribution in [0.3, 0.4) is 0 Å². The Morgan fingerprint density at radius 1 is 1.18 bits per heavy atom. The second kappa shape index (κ2) is 4.26. The summed E-state index contributed by atoms with van der Waals surface area (Å²) in [7, 11) is 0. The average Bonchev–Trinajstić information content (AvgIpc) is 3.35. The summed E-state index contributed by atoms with van der Waals surface area (Å²) in [5.41, 5.74) is 2.83. The third-order valence-electron chi connectivity index (χ3n) is 4.92. The Balaban J connectivity index is 1.75. The number of rotatable bonds is 1. The maximum Gasteiger partial charge on any atom is 0.261 e. The van der Waals surface area contributed by atoms with Crippen molar-refractivity contribution in [2.45, 2.75) is 25.3 Å². The summed E-state index contributed by atoms with van der Waals surface area (Å²) in [5, 5.41) is 0.711. The highest BCUT2D eigenvalue weighted by Gasteiger charge is 2.44. The van der Waals surface area contributed by atoms with Gasteiger partial charge >= 0.3 is 0 Å². The maximum absolute atomic E-state index is 12.7. The van der Waals surface area contributed by atoms with Crippen LogP contribution in [-0.4, -0.2) is 14.5 Å². The van der Waals surface area contributed by atoms with E-state index in [-0.39, 0.29) is 5.56 Å². The molecule has 0 amide bonds. The van der Waals surface area contributed by atoms with Gasteiger partial charge in [0.25, 0.3) is 5.56 Å². The summed E-state index contributed by atoms with van der Waals surface area (Å²) >= 11 is 0. The second-order valence-corrected chi connectivity index (χ2v) is 6.26. The van der Waals surface area contributed by atoms with Gasteiger partial charge < -0.3 is 0 Å². The smallest absolute Gasteiger partial charge is 0.261 e. The zero-order valence-electron chi connectivity index (χ0n) is 12.1. The van der Waals surface area contributed by atoms with Crippen molar-refractivity contribution in [3.8, 4) is 11.3 Å². The van der Waals surface area contributed by atoms with E-state index >= 15 is 0 Å². The van der Waals surface area contributed by atoms with Crippen molar-refractivity contribution in [3.63, 3.8) is 0 Å². The lowest BCUT2D eigenvalue weighted by Gasteiger charge is -2.17. The van der Waals surface area contributed by atoms with E-state index in [0.29, 0.717) is 11.3 Å². The van der Waals surface area contributed by atoms with Gasteiger partial charge in [0.1, 0.15) is 5.82 Å². The summed E-state index contributed by atoms with van der Waals surface area (Å²) in [6.07, 6.45) is 4.10. The lowest BCUT2D eigenvalue weighted by Crippen LogP contribution is -2.27. The molecule has 3 aromatic rings. The standard InChI is InChI=1S/C18H15N3O/c22-18-13-5-4-12(15-3-1-2-7-19-15)10-16(13)20-17-14-9-11(14)6-8-21(17)18/h1-5,7,10-11,14H,6,8-9H2. The Morgan fingerprint density at radius 3 is 3.00 bits per heavy atom. The average molecular weight is 289 g/mol. The normalized spacial score (nSPS) is 22.2. The van der Waals surface area contributed by atoms with E-state index in [1.165, 1.54) is 6.42 Å². The molecule has 5 rings (SSSR count). The Labute approximate surface area is 127 Å². The molecule has 0 saturated heterocycles. The number of hydrogen-bond donors (Lipinski definition) is 0. The molecule has 0 spiro atoms. The van der Waals surface area contributed by atoms with E-state index < -0.39 is 0 Å². The molecule has 1 aliphatic heterocycles. The third kappa shape index (κ3) is 1.67. The first-order valence-electron chi connectivity index (χ1n) is 7.77. The molecule has 1 saturated carbocycles. The van der Waals surface area contributed by atoms with Gasteiger partial charge in [-0.3, -0.25) is 14.3 Å². The fourth-order valence-electron chi connectivity index (χ4n) is 3.61. The molecule has 1 aromatic carbocycles. The maximum atomic E-state index is 12.7. The number of aromatic nitrogens is 3. The minimum atomic E-state index is 0.109. The molecule has 108 valence electrons. The fraction of sp³-hybridized carbons (Fsp3) is 0.278. The minimum Gasteiger partial charge on any atom is -0.296 e. The van der Waals surface area contributed by atoms with Crippen LogP contribution in [0.4, 0.5) is 0 Å². The van der Waals surface area contributed by atoms with Crippen molar-refractivity contribution in [1.82, 2.24) is 14.5 Å². The van der Waals surface area contributed by atoms with Crippen molar-refractivity contribution in [2.75, 3.05) is 0 Å². The first-order valence-corrected chi connectivity index (χ1v) is 7.77. The molecule has 0 bridgehead atoms. The number of hydrogen-bond acceptors (Lipinski definition) is 3. The van der Waals surface area contributed by atoms with Gasteiger partial charge in [0.2, 0.25) is 0 Å². The van der Waals surface area contributed by atoms with Gasteiger partial charge in [0.05, 0.1) is 16.6 Å². The second-order valence-electron chi connectivity index (χ2n) is 6.26. The van der Waals surface area contributed by atoms with Gasteiger partial charge in [-0.05, 0) is 43.0 Å². The molecular formula is C18H15N3O.